The second kappa shape index (κ2) is 9.69. The quantitative estimate of drug-likeness (QED) is 0.155. The summed E-state index contributed by atoms with van der Waals surface area (Å²) in [6.07, 6.45) is 4.70. The molecule has 33 heavy (non-hydrogen) atoms. The van der Waals surface area contributed by atoms with Crippen molar-refractivity contribution in [3.63, 3.8) is 0 Å². The molecular formula is C24H21ClN4O2S2. The Morgan fingerprint density at radius 3 is 2.79 bits per heavy atom. The van der Waals surface area contributed by atoms with E-state index in [0.717, 1.165) is 33.7 Å². The Labute approximate surface area is 203 Å². The first-order valence-corrected chi connectivity index (χ1v) is 12.7. The summed E-state index contributed by atoms with van der Waals surface area (Å²) in [4.78, 5) is 23.9. The van der Waals surface area contributed by atoms with E-state index in [1.807, 2.05) is 64.6 Å². The molecule has 0 saturated heterocycles. The predicted octanol–water partition coefficient (Wildman–Crippen LogP) is 5.75. The molecule has 0 radical (unpaired) electrons. The lowest BCUT2D eigenvalue weighted by molar-refractivity contribution is 0.189. The minimum Gasteiger partial charge on any atom is -0.385 e. The van der Waals surface area contributed by atoms with E-state index in [4.69, 9.17) is 21.3 Å². The van der Waals surface area contributed by atoms with E-state index in [9.17, 15) is 4.79 Å². The van der Waals surface area contributed by atoms with Gasteiger partial charge in [0.15, 0.2) is 5.16 Å². The normalized spacial score (nSPS) is 11.6. The highest BCUT2D eigenvalue weighted by molar-refractivity contribution is 7.98. The van der Waals surface area contributed by atoms with Crippen molar-refractivity contribution < 1.29 is 4.74 Å². The van der Waals surface area contributed by atoms with Crippen molar-refractivity contribution in [3.05, 3.63) is 81.3 Å². The SMILES string of the molecule is COCCCn1c(SCc2cn3ccccc3n2)nc2scc(-c3ccccc3Cl)c2c1=O. The van der Waals surface area contributed by atoms with E-state index >= 15 is 0 Å². The summed E-state index contributed by atoms with van der Waals surface area (Å²) in [5.41, 5.74) is 3.46. The van der Waals surface area contributed by atoms with Crippen molar-refractivity contribution in [3.8, 4) is 11.1 Å². The summed E-state index contributed by atoms with van der Waals surface area (Å²) in [5, 5.41) is 3.89. The van der Waals surface area contributed by atoms with Gasteiger partial charge in [0.05, 0.1) is 11.1 Å². The molecule has 0 aliphatic heterocycles. The minimum atomic E-state index is -0.0511. The summed E-state index contributed by atoms with van der Waals surface area (Å²) < 4.78 is 8.97. The van der Waals surface area contributed by atoms with E-state index in [-0.39, 0.29) is 5.56 Å². The lowest BCUT2D eigenvalue weighted by atomic mass is 10.1. The molecule has 5 aromatic rings. The lowest BCUT2D eigenvalue weighted by Crippen LogP contribution is -2.24. The van der Waals surface area contributed by atoms with Gasteiger partial charge < -0.3 is 9.14 Å². The summed E-state index contributed by atoms with van der Waals surface area (Å²) in [5.74, 6) is 0.618. The second-order valence-corrected chi connectivity index (χ2v) is 9.70. The lowest BCUT2D eigenvalue weighted by Gasteiger charge is -2.12. The van der Waals surface area contributed by atoms with Gasteiger partial charge in [-0.2, -0.15) is 0 Å². The van der Waals surface area contributed by atoms with Crippen LogP contribution in [0, 0.1) is 0 Å². The Hall–Kier alpha value is -2.65. The number of fused-ring (bicyclic) bond motifs is 2. The van der Waals surface area contributed by atoms with Crippen LogP contribution >= 0.6 is 34.7 Å². The number of hydrogen-bond donors (Lipinski definition) is 0. The first-order valence-electron chi connectivity index (χ1n) is 10.5. The predicted molar refractivity (Wildman–Crippen MR) is 136 cm³/mol. The molecule has 0 saturated carbocycles. The maximum absolute atomic E-state index is 13.7. The third-order valence-electron chi connectivity index (χ3n) is 5.32. The zero-order valence-electron chi connectivity index (χ0n) is 17.9. The van der Waals surface area contributed by atoms with Crippen LogP contribution in [0.15, 0.2) is 70.2 Å². The Morgan fingerprint density at radius 2 is 1.97 bits per heavy atom. The van der Waals surface area contributed by atoms with Crippen LogP contribution in [0.5, 0.6) is 0 Å². The van der Waals surface area contributed by atoms with Crippen LogP contribution in [0.1, 0.15) is 12.1 Å². The third kappa shape index (κ3) is 4.44. The Morgan fingerprint density at radius 1 is 1.12 bits per heavy atom. The highest BCUT2D eigenvalue weighted by atomic mass is 35.5. The highest BCUT2D eigenvalue weighted by Crippen LogP contribution is 2.36. The topological polar surface area (TPSA) is 61.4 Å². The fraction of sp³-hybridized carbons (Fsp3) is 0.208. The molecule has 5 rings (SSSR count). The molecule has 0 bridgehead atoms. The summed E-state index contributed by atoms with van der Waals surface area (Å²) in [6.45, 7) is 1.10. The number of halogens is 1. The van der Waals surface area contributed by atoms with E-state index < -0.39 is 0 Å². The van der Waals surface area contributed by atoms with Crippen LogP contribution in [-0.4, -0.2) is 32.7 Å². The number of methoxy groups -OCH3 is 1. The standard InChI is InChI=1S/C24H21ClN4O2S2/c1-31-12-6-11-29-23(30)21-18(17-7-2-3-8-19(17)25)15-32-22(21)27-24(29)33-14-16-13-28-10-5-4-9-20(28)26-16/h2-5,7-10,13,15H,6,11-12,14H2,1H3. The summed E-state index contributed by atoms with van der Waals surface area (Å²) in [6, 6.07) is 13.5. The van der Waals surface area contributed by atoms with E-state index in [0.29, 0.717) is 34.5 Å². The maximum atomic E-state index is 13.7. The van der Waals surface area contributed by atoms with E-state index in [1.165, 1.54) is 23.1 Å². The van der Waals surface area contributed by atoms with Crippen LogP contribution in [0.2, 0.25) is 5.02 Å². The molecule has 0 fully saturated rings. The van der Waals surface area contributed by atoms with Gasteiger partial charge >= 0.3 is 0 Å². The van der Waals surface area contributed by atoms with Crippen molar-refractivity contribution in [2.24, 2.45) is 0 Å². The number of nitrogens with zero attached hydrogens (tertiary/aromatic N) is 4. The molecule has 1 aromatic carbocycles. The van der Waals surface area contributed by atoms with Crippen LogP contribution < -0.4 is 5.56 Å². The van der Waals surface area contributed by atoms with Gasteiger partial charge in [0.25, 0.3) is 5.56 Å². The van der Waals surface area contributed by atoms with Gasteiger partial charge in [-0.3, -0.25) is 9.36 Å². The van der Waals surface area contributed by atoms with Crippen LogP contribution in [0.3, 0.4) is 0 Å². The molecule has 0 atom stereocenters. The number of ether oxygens (including phenoxy) is 1. The van der Waals surface area contributed by atoms with Crippen molar-refractivity contribution in [2.45, 2.75) is 23.9 Å². The fourth-order valence-corrected chi connectivity index (χ4v) is 5.88. The number of benzene rings is 1. The van der Waals surface area contributed by atoms with Gasteiger partial charge in [0.1, 0.15) is 10.5 Å². The molecule has 0 amide bonds. The zero-order chi connectivity index (χ0) is 22.8. The Bertz CT molecular complexity index is 1460. The zero-order valence-corrected chi connectivity index (χ0v) is 20.3. The summed E-state index contributed by atoms with van der Waals surface area (Å²) in [7, 11) is 1.66. The number of imidazole rings is 1. The first kappa shape index (κ1) is 22.2. The van der Waals surface area contributed by atoms with Crippen molar-refractivity contribution in [1.29, 1.82) is 0 Å². The number of thiophene rings is 1. The van der Waals surface area contributed by atoms with Crippen LogP contribution in [0.25, 0.3) is 27.0 Å². The molecular weight excluding hydrogens is 476 g/mol. The van der Waals surface area contributed by atoms with Gasteiger partial charge in [0.2, 0.25) is 0 Å². The fourth-order valence-electron chi connectivity index (χ4n) is 3.75. The molecule has 0 aliphatic carbocycles. The molecule has 0 unspecified atom stereocenters. The molecule has 4 heterocycles. The molecule has 0 spiro atoms. The monoisotopic (exact) mass is 496 g/mol. The van der Waals surface area contributed by atoms with Gasteiger partial charge in [0, 0.05) is 59.9 Å². The van der Waals surface area contributed by atoms with Crippen molar-refractivity contribution in [2.75, 3.05) is 13.7 Å². The number of hydrogen-bond acceptors (Lipinski definition) is 6. The maximum Gasteiger partial charge on any atom is 0.263 e. The first-order chi connectivity index (χ1) is 16.2. The van der Waals surface area contributed by atoms with E-state index in [1.54, 1.807) is 11.7 Å². The molecule has 4 aromatic heterocycles. The molecule has 168 valence electrons. The van der Waals surface area contributed by atoms with E-state index in [2.05, 4.69) is 4.98 Å². The molecule has 0 N–H and O–H groups in total. The Kier molecular flexibility index (Phi) is 6.50. The molecule has 0 aliphatic rings. The van der Waals surface area contributed by atoms with Gasteiger partial charge in [-0.1, -0.05) is 47.6 Å². The van der Waals surface area contributed by atoms with Gasteiger partial charge in [-0.05, 0) is 24.6 Å². The van der Waals surface area contributed by atoms with Gasteiger partial charge in [-0.15, -0.1) is 11.3 Å². The number of rotatable bonds is 8. The van der Waals surface area contributed by atoms with Crippen LogP contribution in [0.4, 0.5) is 0 Å². The third-order valence-corrected chi connectivity index (χ3v) is 7.53. The second-order valence-electron chi connectivity index (χ2n) is 7.49. The van der Waals surface area contributed by atoms with Crippen LogP contribution in [-0.2, 0) is 17.0 Å². The average Bonchev–Trinajstić information content (AvgIpc) is 3.43. The van der Waals surface area contributed by atoms with Gasteiger partial charge in [-0.25, -0.2) is 9.97 Å². The minimum absolute atomic E-state index is 0.0511. The Balaban J connectivity index is 1.55. The van der Waals surface area contributed by atoms with Crippen molar-refractivity contribution >= 4 is 50.6 Å². The smallest absolute Gasteiger partial charge is 0.263 e. The van der Waals surface area contributed by atoms with Crippen molar-refractivity contribution in [1.82, 2.24) is 18.9 Å². The largest absolute Gasteiger partial charge is 0.385 e. The number of pyridine rings is 1. The number of thioether (sulfide) groups is 1. The molecule has 6 nitrogen and oxygen atoms in total. The number of aromatic nitrogens is 4. The highest BCUT2D eigenvalue weighted by Gasteiger charge is 2.19. The summed E-state index contributed by atoms with van der Waals surface area (Å²) >= 11 is 9.43. The average molecular weight is 497 g/mol. The molecule has 9 heteroatoms.